The number of hydrogen-bond donors (Lipinski definition) is 0. The molecule has 1 amide bonds. The molecule has 3 rings (SSSR count). The minimum atomic E-state index is -3.61. The summed E-state index contributed by atoms with van der Waals surface area (Å²) in [4.78, 5) is 16.8. The Bertz CT molecular complexity index is 987. The molecule has 0 bridgehead atoms. The minimum Gasteiger partial charge on any atom is -0.378 e. The van der Waals surface area contributed by atoms with E-state index in [1.165, 1.54) is 6.07 Å². The predicted molar refractivity (Wildman–Crippen MR) is 120 cm³/mol. The molecule has 0 saturated carbocycles. The number of piperidine rings is 1. The van der Waals surface area contributed by atoms with E-state index < -0.39 is 10.0 Å². The van der Waals surface area contributed by atoms with Crippen LogP contribution in [0.5, 0.6) is 0 Å². The summed E-state index contributed by atoms with van der Waals surface area (Å²) in [5.41, 5.74) is 2.49. The van der Waals surface area contributed by atoms with Crippen molar-refractivity contribution < 1.29 is 13.2 Å². The fourth-order valence-electron chi connectivity index (χ4n) is 3.82. The SMILES string of the molecule is CC1CCCCN1S(=O)(=O)c1cccc(C(=O)N(C)Cc2ccc(N(C)C)cc2)c1. The molecule has 0 radical (unpaired) electrons. The highest BCUT2D eigenvalue weighted by molar-refractivity contribution is 7.89. The van der Waals surface area contributed by atoms with Crippen molar-refractivity contribution in [3.63, 3.8) is 0 Å². The average Bonchev–Trinajstić information content (AvgIpc) is 2.73. The zero-order chi connectivity index (χ0) is 21.9. The maximum absolute atomic E-state index is 13.1. The van der Waals surface area contributed by atoms with E-state index in [2.05, 4.69) is 0 Å². The van der Waals surface area contributed by atoms with Gasteiger partial charge in [-0.2, -0.15) is 4.31 Å². The molecule has 1 fully saturated rings. The maximum atomic E-state index is 13.1. The van der Waals surface area contributed by atoms with Gasteiger partial charge in [-0.15, -0.1) is 0 Å². The van der Waals surface area contributed by atoms with E-state index in [1.54, 1.807) is 34.5 Å². The fourth-order valence-corrected chi connectivity index (χ4v) is 5.57. The summed E-state index contributed by atoms with van der Waals surface area (Å²) >= 11 is 0. The van der Waals surface area contributed by atoms with Crippen LogP contribution >= 0.6 is 0 Å². The molecule has 0 aliphatic carbocycles. The molecule has 1 atom stereocenters. The quantitative estimate of drug-likeness (QED) is 0.704. The zero-order valence-electron chi connectivity index (χ0n) is 18.2. The molecular weight excluding hydrogens is 398 g/mol. The third-order valence-corrected chi connectivity index (χ3v) is 7.66. The number of carbonyl (C=O) groups is 1. The first-order valence-corrected chi connectivity index (χ1v) is 11.8. The van der Waals surface area contributed by atoms with E-state index in [-0.39, 0.29) is 16.8 Å². The van der Waals surface area contributed by atoms with Crippen molar-refractivity contribution >= 4 is 21.6 Å². The summed E-state index contributed by atoms with van der Waals surface area (Å²) in [7, 11) is 2.09. The second kappa shape index (κ2) is 9.18. The van der Waals surface area contributed by atoms with Gasteiger partial charge in [-0.25, -0.2) is 8.42 Å². The number of nitrogens with zero attached hydrogens (tertiary/aromatic N) is 3. The first-order valence-electron chi connectivity index (χ1n) is 10.3. The monoisotopic (exact) mass is 429 g/mol. The van der Waals surface area contributed by atoms with Gasteiger partial charge in [-0.1, -0.05) is 24.6 Å². The first-order chi connectivity index (χ1) is 14.2. The molecule has 1 unspecified atom stereocenters. The van der Waals surface area contributed by atoms with Crippen molar-refractivity contribution in [3.05, 3.63) is 59.7 Å². The lowest BCUT2D eigenvalue weighted by atomic mass is 10.1. The molecule has 2 aromatic carbocycles. The number of benzene rings is 2. The van der Waals surface area contributed by atoms with Gasteiger partial charge in [0.25, 0.3) is 5.91 Å². The Balaban J connectivity index is 1.76. The Kier molecular flexibility index (Phi) is 6.83. The maximum Gasteiger partial charge on any atom is 0.253 e. The summed E-state index contributed by atoms with van der Waals surface area (Å²) in [6, 6.07) is 14.4. The van der Waals surface area contributed by atoms with Gasteiger partial charge in [0.2, 0.25) is 10.0 Å². The number of anilines is 1. The second-order valence-electron chi connectivity index (χ2n) is 8.21. The lowest BCUT2D eigenvalue weighted by Crippen LogP contribution is -2.42. The molecule has 1 saturated heterocycles. The fraction of sp³-hybridized carbons (Fsp3) is 0.435. The summed E-state index contributed by atoms with van der Waals surface area (Å²) in [5, 5.41) is 0. The van der Waals surface area contributed by atoms with Crippen LogP contribution in [-0.2, 0) is 16.6 Å². The van der Waals surface area contributed by atoms with Crippen LogP contribution in [0, 0.1) is 0 Å². The van der Waals surface area contributed by atoms with Gasteiger partial charge < -0.3 is 9.80 Å². The van der Waals surface area contributed by atoms with Crippen LogP contribution in [0.1, 0.15) is 42.1 Å². The third-order valence-electron chi connectivity index (χ3n) is 5.65. The highest BCUT2D eigenvalue weighted by Gasteiger charge is 2.31. The lowest BCUT2D eigenvalue weighted by molar-refractivity contribution is 0.0785. The van der Waals surface area contributed by atoms with Crippen molar-refractivity contribution in [1.82, 2.24) is 9.21 Å². The number of amides is 1. The Morgan fingerprint density at radius 1 is 1.07 bits per heavy atom. The summed E-state index contributed by atoms with van der Waals surface area (Å²) in [6.45, 7) is 2.93. The summed E-state index contributed by atoms with van der Waals surface area (Å²) < 4.78 is 27.8. The molecule has 30 heavy (non-hydrogen) atoms. The van der Waals surface area contributed by atoms with Crippen molar-refractivity contribution in [2.24, 2.45) is 0 Å². The summed E-state index contributed by atoms with van der Waals surface area (Å²) in [6.07, 6.45) is 2.79. The highest BCUT2D eigenvalue weighted by Crippen LogP contribution is 2.26. The number of sulfonamides is 1. The van der Waals surface area contributed by atoms with Crippen LogP contribution in [0.3, 0.4) is 0 Å². The molecule has 0 spiro atoms. The topological polar surface area (TPSA) is 60.9 Å². The Morgan fingerprint density at radius 2 is 1.77 bits per heavy atom. The van der Waals surface area contributed by atoms with Crippen molar-refractivity contribution in [2.75, 3.05) is 32.6 Å². The van der Waals surface area contributed by atoms with Crippen LogP contribution < -0.4 is 4.90 Å². The van der Waals surface area contributed by atoms with E-state index >= 15 is 0 Å². The normalized spacial score (nSPS) is 17.5. The first kappa shape index (κ1) is 22.3. The number of rotatable bonds is 6. The molecule has 7 heteroatoms. The smallest absolute Gasteiger partial charge is 0.253 e. The van der Waals surface area contributed by atoms with Crippen molar-refractivity contribution in [1.29, 1.82) is 0 Å². The number of hydrogen-bond acceptors (Lipinski definition) is 4. The van der Waals surface area contributed by atoms with Crippen molar-refractivity contribution in [2.45, 2.75) is 43.7 Å². The van der Waals surface area contributed by atoms with E-state index in [4.69, 9.17) is 0 Å². The highest BCUT2D eigenvalue weighted by atomic mass is 32.2. The van der Waals surface area contributed by atoms with Gasteiger partial charge in [-0.05, 0) is 55.7 Å². The van der Waals surface area contributed by atoms with Gasteiger partial charge in [-0.3, -0.25) is 4.79 Å². The van der Waals surface area contributed by atoms with Gasteiger partial charge in [0.1, 0.15) is 0 Å². The van der Waals surface area contributed by atoms with Crippen LogP contribution in [-0.4, -0.2) is 57.3 Å². The summed E-state index contributed by atoms with van der Waals surface area (Å²) in [5.74, 6) is -0.199. The lowest BCUT2D eigenvalue weighted by Gasteiger charge is -2.32. The molecule has 1 aliphatic heterocycles. The van der Waals surface area contributed by atoms with Gasteiger partial charge in [0.05, 0.1) is 4.90 Å². The van der Waals surface area contributed by atoms with E-state index in [9.17, 15) is 13.2 Å². The Labute approximate surface area is 180 Å². The van der Waals surface area contributed by atoms with Crippen LogP contribution in [0.25, 0.3) is 0 Å². The Hall–Kier alpha value is -2.38. The molecular formula is C23H31N3O3S. The van der Waals surface area contributed by atoms with E-state index in [0.29, 0.717) is 18.7 Å². The van der Waals surface area contributed by atoms with Crippen LogP contribution in [0.4, 0.5) is 5.69 Å². The van der Waals surface area contributed by atoms with E-state index in [0.717, 1.165) is 30.5 Å². The molecule has 2 aromatic rings. The molecule has 1 heterocycles. The molecule has 0 aromatic heterocycles. The van der Waals surface area contributed by atoms with Gasteiger partial charge in [0.15, 0.2) is 0 Å². The van der Waals surface area contributed by atoms with Crippen LogP contribution in [0.15, 0.2) is 53.4 Å². The molecule has 162 valence electrons. The number of carbonyl (C=O) groups excluding carboxylic acids is 1. The average molecular weight is 430 g/mol. The molecule has 6 nitrogen and oxygen atoms in total. The standard InChI is InChI=1S/C23H31N3O3S/c1-18-8-5-6-15-26(18)30(28,29)22-10-7-9-20(16-22)23(27)25(4)17-19-11-13-21(14-12-19)24(2)3/h7,9-14,16,18H,5-6,8,15,17H2,1-4H3. The molecule has 0 N–H and O–H groups in total. The molecule has 1 aliphatic rings. The largest absolute Gasteiger partial charge is 0.378 e. The second-order valence-corrected chi connectivity index (χ2v) is 10.1. The van der Waals surface area contributed by atoms with Crippen molar-refractivity contribution in [3.8, 4) is 0 Å². The van der Waals surface area contributed by atoms with Crippen LogP contribution in [0.2, 0.25) is 0 Å². The Morgan fingerprint density at radius 3 is 2.40 bits per heavy atom. The third kappa shape index (κ3) is 4.84. The minimum absolute atomic E-state index is 0.0177. The predicted octanol–water partition coefficient (Wildman–Crippen LogP) is 3.59. The van der Waals surface area contributed by atoms with Gasteiger partial charge in [0, 0.05) is 51.5 Å². The van der Waals surface area contributed by atoms with Gasteiger partial charge >= 0.3 is 0 Å². The van der Waals surface area contributed by atoms with E-state index in [1.807, 2.05) is 50.2 Å². The zero-order valence-corrected chi connectivity index (χ0v) is 19.0.